The molecule has 0 saturated heterocycles. The van der Waals surface area contributed by atoms with Crippen LogP contribution in [0.2, 0.25) is 0 Å². The monoisotopic (exact) mass is 517 g/mol. The number of fused-ring (bicyclic) bond motifs is 6. The van der Waals surface area contributed by atoms with E-state index in [0.29, 0.717) is 0 Å². The Hall–Kier alpha value is -4.86. The zero-order chi connectivity index (χ0) is 25.8. The summed E-state index contributed by atoms with van der Waals surface area (Å²) < 4.78 is 9.11. The summed E-state index contributed by atoms with van der Waals surface area (Å²) in [6, 6.07) is 49.4. The van der Waals surface area contributed by atoms with E-state index in [0.717, 1.165) is 39.0 Å². The van der Waals surface area contributed by atoms with Gasteiger partial charge in [-0.25, -0.2) is 0 Å². The van der Waals surface area contributed by atoms with Gasteiger partial charge in [0, 0.05) is 36.6 Å². The van der Waals surface area contributed by atoms with Crippen molar-refractivity contribution in [1.29, 1.82) is 0 Å². The number of furan rings is 1. The minimum absolute atomic E-state index is 0.891. The van der Waals surface area contributed by atoms with E-state index in [1.807, 2.05) is 23.5 Å². The van der Waals surface area contributed by atoms with E-state index in [1.165, 1.54) is 31.3 Å². The highest BCUT2D eigenvalue weighted by atomic mass is 32.1. The van der Waals surface area contributed by atoms with Crippen molar-refractivity contribution in [1.82, 2.24) is 0 Å². The van der Waals surface area contributed by atoms with Gasteiger partial charge in [0.1, 0.15) is 5.58 Å². The van der Waals surface area contributed by atoms with Gasteiger partial charge in [-0.1, -0.05) is 97.1 Å². The van der Waals surface area contributed by atoms with Crippen LogP contribution in [-0.4, -0.2) is 0 Å². The van der Waals surface area contributed by atoms with Gasteiger partial charge < -0.3 is 9.32 Å². The van der Waals surface area contributed by atoms with Crippen LogP contribution in [0.1, 0.15) is 0 Å². The van der Waals surface area contributed by atoms with Gasteiger partial charge in [0.05, 0.1) is 11.4 Å². The molecule has 6 aromatic carbocycles. The first-order valence-corrected chi connectivity index (χ1v) is 13.9. The molecule has 0 spiro atoms. The summed E-state index contributed by atoms with van der Waals surface area (Å²) in [7, 11) is 0. The van der Waals surface area contributed by atoms with E-state index in [1.54, 1.807) is 0 Å². The Kier molecular flexibility index (Phi) is 5.04. The number of anilines is 3. The van der Waals surface area contributed by atoms with E-state index in [2.05, 4.69) is 132 Å². The topological polar surface area (TPSA) is 16.4 Å². The lowest BCUT2D eigenvalue weighted by atomic mass is 10.0. The van der Waals surface area contributed by atoms with Crippen molar-refractivity contribution in [2.45, 2.75) is 0 Å². The summed E-state index contributed by atoms with van der Waals surface area (Å²) in [6.45, 7) is 0. The molecule has 0 aliphatic heterocycles. The molecule has 0 radical (unpaired) electrons. The Morgan fingerprint density at radius 1 is 0.462 bits per heavy atom. The van der Waals surface area contributed by atoms with Gasteiger partial charge in [-0.05, 0) is 53.6 Å². The zero-order valence-corrected chi connectivity index (χ0v) is 21.9. The molecule has 0 N–H and O–H groups in total. The Morgan fingerprint density at radius 2 is 1.10 bits per heavy atom. The van der Waals surface area contributed by atoms with Crippen LogP contribution in [0.25, 0.3) is 53.2 Å². The number of hydrogen-bond acceptors (Lipinski definition) is 3. The van der Waals surface area contributed by atoms with Crippen LogP contribution in [-0.2, 0) is 0 Å². The fraction of sp³-hybridized carbons (Fsp3) is 0. The van der Waals surface area contributed by atoms with E-state index in [-0.39, 0.29) is 0 Å². The second-order valence-electron chi connectivity index (χ2n) is 9.75. The van der Waals surface area contributed by atoms with Crippen LogP contribution < -0.4 is 4.90 Å². The molecular weight excluding hydrogens is 494 g/mol. The predicted molar refractivity (Wildman–Crippen MR) is 167 cm³/mol. The Bertz CT molecular complexity index is 2120. The second kappa shape index (κ2) is 8.87. The molecule has 2 nitrogen and oxygen atoms in total. The molecule has 8 rings (SSSR count). The number of benzene rings is 6. The standard InChI is InChI=1S/C36H23NOS/c1-2-10-24(11-3-1)25-20-22-26(23-21-25)37(30-15-9-19-34-35(30)29-13-5-7-18-33(29)39-34)31-16-8-14-28-27-12-4-6-17-32(27)38-36(28)31/h1-23H. The lowest BCUT2D eigenvalue weighted by Gasteiger charge is -2.26. The van der Waals surface area contributed by atoms with E-state index < -0.39 is 0 Å². The van der Waals surface area contributed by atoms with Crippen LogP contribution in [0.4, 0.5) is 17.1 Å². The summed E-state index contributed by atoms with van der Waals surface area (Å²) in [5.74, 6) is 0. The Balaban J connectivity index is 1.42. The molecule has 3 heteroatoms. The maximum absolute atomic E-state index is 6.54. The van der Waals surface area contributed by atoms with E-state index in [9.17, 15) is 0 Å². The molecule has 0 aliphatic rings. The second-order valence-corrected chi connectivity index (χ2v) is 10.8. The van der Waals surface area contributed by atoms with Crippen LogP contribution >= 0.6 is 11.3 Å². The molecule has 0 bridgehead atoms. The molecule has 0 aliphatic carbocycles. The largest absolute Gasteiger partial charge is 0.454 e. The van der Waals surface area contributed by atoms with Crippen molar-refractivity contribution < 1.29 is 4.42 Å². The molecule has 8 aromatic rings. The molecule has 39 heavy (non-hydrogen) atoms. The molecule has 2 heterocycles. The lowest BCUT2D eigenvalue weighted by molar-refractivity contribution is 0.669. The highest BCUT2D eigenvalue weighted by Gasteiger charge is 2.22. The minimum atomic E-state index is 0.891. The third-order valence-electron chi connectivity index (χ3n) is 7.48. The van der Waals surface area contributed by atoms with Crippen molar-refractivity contribution in [3.05, 3.63) is 140 Å². The van der Waals surface area contributed by atoms with Gasteiger partial charge in [0.15, 0.2) is 5.58 Å². The Morgan fingerprint density at radius 3 is 1.97 bits per heavy atom. The number of hydrogen-bond donors (Lipinski definition) is 0. The Labute approximate surface area is 230 Å². The molecule has 0 unspecified atom stereocenters. The first-order valence-electron chi connectivity index (χ1n) is 13.1. The molecular formula is C36H23NOS. The van der Waals surface area contributed by atoms with Crippen LogP contribution in [0.5, 0.6) is 0 Å². The normalized spacial score (nSPS) is 11.6. The van der Waals surface area contributed by atoms with Crippen molar-refractivity contribution in [3.8, 4) is 11.1 Å². The zero-order valence-electron chi connectivity index (χ0n) is 21.0. The fourth-order valence-electron chi connectivity index (χ4n) is 5.69. The van der Waals surface area contributed by atoms with Gasteiger partial charge in [0.2, 0.25) is 0 Å². The summed E-state index contributed by atoms with van der Waals surface area (Å²) in [5, 5.41) is 4.79. The van der Waals surface area contributed by atoms with E-state index in [4.69, 9.17) is 4.42 Å². The summed E-state index contributed by atoms with van der Waals surface area (Å²) in [6.07, 6.45) is 0. The fourth-order valence-corrected chi connectivity index (χ4v) is 6.82. The maximum Gasteiger partial charge on any atom is 0.159 e. The third kappa shape index (κ3) is 3.55. The molecule has 0 saturated carbocycles. The summed E-state index contributed by atoms with van der Waals surface area (Å²) in [4.78, 5) is 2.36. The van der Waals surface area contributed by atoms with Crippen molar-refractivity contribution in [2.24, 2.45) is 0 Å². The average Bonchev–Trinajstić information content (AvgIpc) is 3.58. The molecule has 0 atom stereocenters. The van der Waals surface area contributed by atoms with Gasteiger partial charge >= 0.3 is 0 Å². The van der Waals surface area contributed by atoms with Crippen LogP contribution in [0.3, 0.4) is 0 Å². The number of thiophene rings is 1. The van der Waals surface area contributed by atoms with Gasteiger partial charge in [-0.3, -0.25) is 0 Å². The highest BCUT2D eigenvalue weighted by Crippen LogP contribution is 2.47. The minimum Gasteiger partial charge on any atom is -0.454 e. The number of nitrogens with zero attached hydrogens (tertiary/aromatic N) is 1. The van der Waals surface area contributed by atoms with Crippen molar-refractivity contribution in [3.63, 3.8) is 0 Å². The van der Waals surface area contributed by atoms with Crippen LogP contribution in [0, 0.1) is 0 Å². The summed E-state index contributed by atoms with van der Waals surface area (Å²) in [5.41, 5.74) is 7.46. The SMILES string of the molecule is c1ccc(-c2ccc(N(c3cccc4c3oc3ccccc34)c3cccc4sc5ccccc5c34)cc2)cc1. The van der Waals surface area contributed by atoms with Gasteiger partial charge in [-0.15, -0.1) is 11.3 Å². The average molecular weight is 518 g/mol. The number of rotatable bonds is 4. The first-order chi connectivity index (χ1) is 19.3. The smallest absolute Gasteiger partial charge is 0.159 e. The first kappa shape index (κ1) is 22.2. The molecule has 184 valence electrons. The predicted octanol–water partition coefficient (Wildman–Crippen LogP) is 11.1. The molecule has 0 amide bonds. The quantitative estimate of drug-likeness (QED) is 0.231. The van der Waals surface area contributed by atoms with Crippen LogP contribution in [0.15, 0.2) is 144 Å². The molecule has 2 aromatic heterocycles. The van der Waals surface area contributed by atoms with Gasteiger partial charge in [0.25, 0.3) is 0 Å². The van der Waals surface area contributed by atoms with Gasteiger partial charge in [-0.2, -0.15) is 0 Å². The third-order valence-corrected chi connectivity index (χ3v) is 8.61. The maximum atomic E-state index is 6.54. The number of para-hydroxylation sites is 2. The van der Waals surface area contributed by atoms with Crippen molar-refractivity contribution in [2.75, 3.05) is 4.90 Å². The molecule has 0 fully saturated rings. The van der Waals surface area contributed by atoms with E-state index >= 15 is 0 Å². The van der Waals surface area contributed by atoms with Crippen molar-refractivity contribution >= 4 is 70.5 Å². The lowest BCUT2D eigenvalue weighted by Crippen LogP contribution is -2.10. The highest BCUT2D eigenvalue weighted by molar-refractivity contribution is 7.26. The summed E-state index contributed by atoms with van der Waals surface area (Å²) >= 11 is 1.84.